The summed E-state index contributed by atoms with van der Waals surface area (Å²) >= 11 is 0. The molecule has 5 nitrogen and oxygen atoms in total. The van der Waals surface area contributed by atoms with Crippen molar-refractivity contribution in [2.75, 3.05) is 0 Å². The summed E-state index contributed by atoms with van der Waals surface area (Å²) < 4.78 is 1.84. The predicted molar refractivity (Wildman–Crippen MR) is 85.1 cm³/mol. The number of aromatic nitrogens is 1. The monoisotopic (exact) mass is 349 g/mol. The molecule has 0 atom stereocenters. The molecule has 2 N–H and O–H groups in total. The first-order valence-electron chi connectivity index (χ1n) is 8.62. The molecule has 1 aromatic heterocycles. The van der Waals surface area contributed by atoms with Crippen LogP contribution in [0.5, 0.6) is 0 Å². The van der Waals surface area contributed by atoms with E-state index >= 15 is 0 Å². The third kappa shape index (κ3) is 3.41. The van der Waals surface area contributed by atoms with E-state index in [0.717, 1.165) is 23.3 Å². The summed E-state index contributed by atoms with van der Waals surface area (Å²) in [5.74, 6) is 2.59. The van der Waals surface area contributed by atoms with E-state index in [0.29, 0.717) is 6.54 Å². The third-order valence-corrected chi connectivity index (χ3v) is 5.86. The molecule has 6 heteroatoms. The van der Waals surface area contributed by atoms with Crippen LogP contribution >= 0.6 is 0 Å². The molecule has 4 saturated carbocycles. The molecule has 0 aromatic carbocycles. The SMILES string of the molecule is O=C(C[n+]1cccc(/C=N/O)c1)NC12CC3CC(CC(C3)C1)C2.[Cl-]. The van der Waals surface area contributed by atoms with Gasteiger partial charge in [0.1, 0.15) is 0 Å². The molecule has 4 bridgehead atoms. The average Bonchev–Trinajstić information content (AvgIpc) is 2.45. The minimum absolute atomic E-state index is 0. The summed E-state index contributed by atoms with van der Waals surface area (Å²) in [5.41, 5.74) is 0.842. The van der Waals surface area contributed by atoms with Gasteiger partial charge in [-0.2, -0.15) is 4.57 Å². The Balaban J connectivity index is 0.00000169. The van der Waals surface area contributed by atoms with Crippen LogP contribution in [0.2, 0.25) is 0 Å². The molecule has 4 aliphatic carbocycles. The second-order valence-electron chi connectivity index (χ2n) is 7.80. The zero-order valence-corrected chi connectivity index (χ0v) is 14.5. The van der Waals surface area contributed by atoms with Gasteiger partial charge in [-0.05, 0) is 62.3 Å². The van der Waals surface area contributed by atoms with Gasteiger partial charge in [-0.25, -0.2) is 0 Å². The molecule has 4 fully saturated rings. The fraction of sp³-hybridized carbons (Fsp3) is 0.611. The number of amides is 1. The van der Waals surface area contributed by atoms with Gasteiger partial charge in [-0.1, -0.05) is 5.16 Å². The maximum Gasteiger partial charge on any atom is 0.286 e. The highest BCUT2D eigenvalue weighted by atomic mass is 35.5. The molecule has 0 saturated heterocycles. The molecule has 0 unspecified atom stereocenters. The Bertz CT molecular complexity index is 612. The molecular formula is C18H24ClN3O2. The van der Waals surface area contributed by atoms with Gasteiger partial charge >= 0.3 is 0 Å². The number of nitrogens with zero attached hydrogens (tertiary/aromatic N) is 2. The number of oxime groups is 1. The maximum atomic E-state index is 12.6. The molecule has 5 rings (SSSR count). The fourth-order valence-electron chi connectivity index (χ4n) is 5.55. The second-order valence-corrected chi connectivity index (χ2v) is 7.80. The van der Waals surface area contributed by atoms with Gasteiger partial charge in [0.05, 0.1) is 11.8 Å². The standard InChI is InChI=1S/C18H23N3O2.ClH/c22-17(12-21-3-1-2-13(11-21)10-19-23)20-18-7-14-4-15(8-18)6-16(5-14)9-18;/h1-3,10-11,14-16H,4-9,12H2,(H-,20,22,23);1H/b19-10+;. The Morgan fingerprint density at radius 1 is 1.29 bits per heavy atom. The molecule has 130 valence electrons. The summed E-state index contributed by atoms with van der Waals surface area (Å²) in [7, 11) is 0. The Morgan fingerprint density at radius 3 is 2.50 bits per heavy atom. The highest BCUT2D eigenvalue weighted by Gasteiger charge is 2.51. The Labute approximate surface area is 148 Å². The van der Waals surface area contributed by atoms with E-state index in [1.165, 1.54) is 44.7 Å². The van der Waals surface area contributed by atoms with Crippen molar-refractivity contribution in [3.05, 3.63) is 30.1 Å². The van der Waals surface area contributed by atoms with Crippen molar-refractivity contribution < 1.29 is 27.0 Å². The normalized spacial score (nSPS) is 33.4. The van der Waals surface area contributed by atoms with Gasteiger partial charge in [-0.15, -0.1) is 0 Å². The van der Waals surface area contributed by atoms with Crippen molar-refractivity contribution >= 4 is 12.1 Å². The lowest BCUT2D eigenvalue weighted by atomic mass is 9.53. The highest BCUT2D eigenvalue weighted by molar-refractivity contribution is 5.78. The van der Waals surface area contributed by atoms with Gasteiger partial charge in [0.25, 0.3) is 5.91 Å². The smallest absolute Gasteiger partial charge is 0.286 e. The number of nitrogens with one attached hydrogen (secondary N) is 1. The Morgan fingerprint density at radius 2 is 1.92 bits per heavy atom. The van der Waals surface area contributed by atoms with E-state index < -0.39 is 0 Å². The predicted octanol–water partition coefficient (Wildman–Crippen LogP) is -1.13. The zero-order valence-electron chi connectivity index (χ0n) is 13.7. The van der Waals surface area contributed by atoms with Crippen molar-refractivity contribution in [3.8, 4) is 0 Å². The van der Waals surface area contributed by atoms with Crippen LogP contribution in [-0.4, -0.2) is 22.9 Å². The van der Waals surface area contributed by atoms with Crippen LogP contribution in [0.4, 0.5) is 0 Å². The number of halogens is 1. The van der Waals surface area contributed by atoms with Crippen molar-refractivity contribution in [1.82, 2.24) is 5.32 Å². The second kappa shape index (κ2) is 6.71. The van der Waals surface area contributed by atoms with Gasteiger partial charge in [-0.3, -0.25) is 4.79 Å². The topological polar surface area (TPSA) is 65.6 Å². The molecule has 0 spiro atoms. The van der Waals surface area contributed by atoms with E-state index in [9.17, 15) is 4.79 Å². The molecule has 1 amide bonds. The number of pyridine rings is 1. The summed E-state index contributed by atoms with van der Waals surface area (Å²) in [6.45, 7) is 0.314. The molecule has 0 radical (unpaired) electrons. The number of hydrogen-bond donors (Lipinski definition) is 2. The number of carbonyl (C=O) groups is 1. The summed E-state index contributed by atoms with van der Waals surface area (Å²) in [6, 6.07) is 3.70. The first kappa shape index (κ1) is 17.2. The van der Waals surface area contributed by atoms with Crippen LogP contribution in [0.15, 0.2) is 29.7 Å². The van der Waals surface area contributed by atoms with Gasteiger partial charge in [0.2, 0.25) is 6.54 Å². The van der Waals surface area contributed by atoms with Crippen LogP contribution < -0.4 is 22.3 Å². The average molecular weight is 350 g/mol. The Kier molecular flexibility index (Phi) is 4.81. The number of hydrogen-bond acceptors (Lipinski definition) is 3. The summed E-state index contributed by atoms with van der Waals surface area (Å²) in [4.78, 5) is 12.6. The number of carbonyl (C=O) groups excluding carboxylic acids is 1. The lowest BCUT2D eigenvalue weighted by Gasteiger charge is -2.56. The lowest BCUT2D eigenvalue weighted by Crippen LogP contribution is -3.00. The van der Waals surface area contributed by atoms with Crippen molar-refractivity contribution in [3.63, 3.8) is 0 Å². The largest absolute Gasteiger partial charge is 1.00 e. The van der Waals surface area contributed by atoms with Crippen LogP contribution in [0.1, 0.15) is 44.1 Å². The number of rotatable bonds is 4. The molecule has 0 aliphatic heterocycles. The van der Waals surface area contributed by atoms with Crippen LogP contribution in [-0.2, 0) is 11.3 Å². The first-order chi connectivity index (χ1) is 11.1. The summed E-state index contributed by atoms with van der Waals surface area (Å²) in [5, 5.41) is 15.0. The van der Waals surface area contributed by atoms with Gasteiger partial charge in [0.15, 0.2) is 12.4 Å². The quantitative estimate of drug-likeness (QED) is 0.313. The molecule has 4 aliphatic rings. The van der Waals surface area contributed by atoms with Gasteiger partial charge in [0, 0.05) is 11.6 Å². The van der Waals surface area contributed by atoms with Crippen molar-refractivity contribution in [2.45, 2.75) is 50.6 Å². The Hall–Kier alpha value is -1.62. The molecule has 24 heavy (non-hydrogen) atoms. The van der Waals surface area contributed by atoms with Crippen LogP contribution in [0.3, 0.4) is 0 Å². The van der Waals surface area contributed by atoms with Crippen molar-refractivity contribution in [2.24, 2.45) is 22.9 Å². The van der Waals surface area contributed by atoms with Crippen LogP contribution in [0, 0.1) is 17.8 Å². The van der Waals surface area contributed by atoms with E-state index in [2.05, 4.69) is 10.5 Å². The van der Waals surface area contributed by atoms with E-state index in [-0.39, 0.29) is 23.9 Å². The van der Waals surface area contributed by atoms with Crippen LogP contribution in [0.25, 0.3) is 0 Å². The van der Waals surface area contributed by atoms with Crippen molar-refractivity contribution in [1.29, 1.82) is 0 Å². The summed E-state index contributed by atoms with van der Waals surface area (Å²) in [6.07, 6.45) is 12.7. The highest BCUT2D eigenvalue weighted by Crippen LogP contribution is 2.55. The maximum absolute atomic E-state index is 12.6. The molecule has 1 heterocycles. The van der Waals surface area contributed by atoms with E-state index in [4.69, 9.17) is 5.21 Å². The van der Waals surface area contributed by atoms with Gasteiger partial charge < -0.3 is 22.9 Å². The minimum atomic E-state index is 0. The molecule has 1 aromatic rings. The lowest BCUT2D eigenvalue weighted by molar-refractivity contribution is -0.684. The van der Waals surface area contributed by atoms with E-state index in [1.54, 1.807) is 0 Å². The minimum Gasteiger partial charge on any atom is -1.00 e. The zero-order chi connectivity index (χ0) is 15.9. The fourth-order valence-corrected chi connectivity index (χ4v) is 5.55. The third-order valence-electron chi connectivity index (χ3n) is 5.86. The molecular weight excluding hydrogens is 326 g/mol. The van der Waals surface area contributed by atoms with E-state index in [1.807, 2.05) is 29.1 Å². The first-order valence-corrected chi connectivity index (χ1v) is 8.62.